The van der Waals surface area contributed by atoms with Crippen molar-refractivity contribution in [2.75, 3.05) is 5.32 Å². The van der Waals surface area contributed by atoms with Crippen molar-refractivity contribution in [2.45, 2.75) is 10.9 Å². The maximum absolute atomic E-state index is 12.1. The number of hydrogen-bond donors (Lipinski definition) is 2. The molecule has 30 heavy (non-hydrogen) atoms. The molecule has 0 saturated heterocycles. The fourth-order valence-electron chi connectivity index (χ4n) is 2.65. The SMILES string of the molecule is O=C(NC(=O)c1ccccc1Cl)Nc1ccc(OC(c2ccccc2)C(Cl)Cl)cc1. The van der Waals surface area contributed by atoms with Crippen LogP contribution in [0.5, 0.6) is 5.75 Å². The molecule has 1 unspecified atom stereocenters. The summed E-state index contributed by atoms with van der Waals surface area (Å²) < 4.78 is 5.90. The number of halogens is 3. The molecule has 0 saturated carbocycles. The van der Waals surface area contributed by atoms with Gasteiger partial charge < -0.3 is 10.1 Å². The molecule has 3 aromatic rings. The van der Waals surface area contributed by atoms with Crippen LogP contribution < -0.4 is 15.4 Å². The van der Waals surface area contributed by atoms with E-state index < -0.39 is 22.9 Å². The van der Waals surface area contributed by atoms with E-state index in [1.165, 1.54) is 6.07 Å². The zero-order chi connectivity index (χ0) is 21.5. The number of ether oxygens (including phenoxy) is 1. The lowest BCUT2D eigenvalue weighted by atomic mass is 10.1. The summed E-state index contributed by atoms with van der Waals surface area (Å²) in [6, 6.07) is 21.7. The summed E-state index contributed by atoms with van der Waals surface area (Å²) >= 11 is 18.1. The van der Waals surface area contributed by atoms with Crippen LogP contribution in [0.15, 0.2) is 78.9 Å². The molecule has 0 aliphatic heterocycles. The summed E-state index contributed by atoms with van der Waals surface area (Å²) in [5, 5.41) is 5.06. The molecule has 0 radical (unpaired) electrons. The Labute approximate surface area is 188 Å². The van der Waals surface area contributed by atoms with E-state index in [4.69, 9.17) is 39.5 Å². The Morgan fingerprint density at radius 2 is 1.47 bits per heavy atom. The van der Waals surface area contributed by atoms with Gasteiger partial charge in [-0.3, -0.25) is 10.1 Å². The highest BCUT2D eigenvalue weighted by molar-refractivity contribution is 6.44. The van der Waals surface area contributed by atoms with Crippen LogP contribution in [0.3, 0.4) is 0 Å². The molecule has 0 bridgehead atoms. The third-order valence-corrected chi connectivity index (χ3v) is 4.87. The first kappa shape index (κ1) is 22.0. The van der Waals surface area contributed by atoms with Crippen molar-refractivity contribution < 1.29 is 14.3 Å². The van der Waals surface area contributed by atoms with Gasteiger partial charge in [-0.25, -0.2) is 4.79 Å². The second-order valence-corrected chi connectivity index (χ2v) is 7.77. The average Bonchev–Trinajstić information content (AvgIpc) is 2.73. The van der Waals surface area contributed by atoms with Crippen LogP contribution in [0.4, 0.5) is 10.5 Å². The average molecular weight is 464 g/mol. The number of hydrogen-bond acceptors (Lipinski definition) is 3. The predicted molar refractivity (Wildman–Crippen MR) is 120 cm³/mol. The third-order valence-electron chi connectivity index (χ3n) is 4.08. The number of benzene rings is 3. The van der Waals surface area contributed by atoms with Gasteiger partial charge in [0.05, 0.1) is 10.6 Å². The molecule has 0 aromatic heterocycles. The van der Waals surface area contributed by atoms with Crippen LogP contribution >= 0.6 is 34.8 Å². The highest BCUT2D eigenvalue weighted by Gasteiger charge is 2.21. The quantitative estimate of drug-likeness (QED) is 0.426. The van der Waals surface area contributed by atoms with Crippen LogP contribution in [0, 0.1) is 0 Å². The number of rotatable bonds is 6. The van der Waals surface area contributed by atoms with E-state index in [0.717, 1.165) is 5.56 Å². The van der Waals surface area contributed by atoms with Crippen LogP contribution in [0.25, 0.3) is 0 Å². The van der Waals surface area contributed by atoms with Gasteiger partial charge in [-0.1, -0.05) is 54.1 Å². The smallest absolute Gasteiger partial charge is 0.326 e. The number of carbonyl (C=O) groups excluding carboxylic acids is 2. The minimum Gasteiger partial charge on any atom is -0.483 e. The highest BCUT2D eigenvalue weighted by Crippen LogP contribution is 2.30. The number of nitrogens with one attached hydrogen (secondary N) is 2. The monoisotopic (exact) mass is 462 g/mol. The molecule has 2 N–H and O–H groups in total. The standard InChI is InChI=1S/C22H17Cl3N2O3/c23-18-9-5-4-8-17(18)21(28)27-22(29)26-15-10-12-16(13-11-15)30-19(20(24)25)14-6-2-1-3-7-14/h1-13,19-20H,(H2,26,27,28,29). The highest BCUT2D eigenvalue weighted by atomic mass is 35.5. The minimum absolute atomic E-state index is 0.210. The molecule has 3 rings (SSSR count). The molecule has 0 spiro atoms. The first-order valence-electron chi connectivity index (χ1n) is 8.90. The van der Waals surface area contributed by atoms with Crippen molar-refractivity contribution in [1.82, 2.24) is 5.32 Å². The number of amides is 3. The van der Waals surface area contributed by atoms with E-state index in [1.807, 2.05) is 30.3 Å². The largest absolute Gasteiger partial charge is 0.483 e. The maximum atomic E-state index is 12.1. The molecule has 0 fully saturated rings. The molecular formula is C22H17Cl3N2O3. The van der Waals surface area contributed by atoms with Crippen molar-refractivity contribution in [3.63, 3.8) is 0 Å². The Morgan fingerprint density at radius 3 is 2.10 bits per heavy atom. The zero-order valence-electron chi connectivity index (χ0n) is 15.5. The van der Waals surface area contributed by atoms with Gasteiger partial charge in [0.1, 0.15) is 10.6 Å². The lowest BCUT2D eigenvalue weighted by Crippen LogP contribution is -2.34. The molecule has 3 amide bonds. The van der Waals surface area contributed by atoms with Gasteiger partial charge in [0, 0.05) is 5.69 Å². The molecule has 5 nitrogen and oxygen atoms in total. The molecule has 1 atom stereocenters. The molecule has 0 aliphatic rings. The maximum Gasteiger partial charge on any atom is 0.326 e. The lowest BCUT2D eigenvalue weighted by Gasteiger charge is -2.20. The Bertz CT molecular complexity index is 1010. The second-order valence-electron chi connectivity index (χ2n) is 6.20. The fourth-order valence-corrected chi connectivity index (χ4v) is 3.26. The zero-order valence-corrected chi connectivity index (χ0v) is 17.8. The number of urea groups is 1. The Hall–Kier alpha value is -2.73. The van der Waals surface area contributed by atoms with Gasteiger partial charge in [0.15, 0.2) is 6.10 Å². The number of anilines is 1. The molecular weight excluding hydrogens is 447 g/mol. The van der Waals surface area contributed by atoms with Gasteiger partial charge in [-0.15, -0.1) is 23.2 Å². The summed E-state index contributed by atoms with van der Waals surface area (Å²) in [5.74, 6) is -0.0766. The molecule has 3 aromatic carbocycles. The van der Waals surface area contributed by atoms with E-state index in [9.17, 15) is 9.59 Å². The summed E-state index contributed by atoms with van der Waals surface area (Å²) in [7, 11) is 0. The Morgan fingerprint density at radius 1 is 0.833 bits per heavy atom. The summed E-state index contributed by atoms with van der Waals surface area (Å²) in [5.41, 5.74) is 1.52. The topological polar surface area (TPSA) is 67.4 Å². The van der Waals surface area contributed by atoms with Gasteiger partial charge in [0.25, 0.3) is 5.91 Å². The molecule has 0 heterocycles. The normalized spacial score (nSPS) is 11.6. The Balaban J connectivity index is 1.60. The first-order valence-corrected chi connectivity index (χ1v) is 10.2. The third kappa shape index (κ3) is 5.89. The van der Waals surface area contributed by atoms with Crippen LogP contribution in [-0.2, 0) is 0 Å². The van der Waals surface area contributed by atoms with Crippen LogP contribution in [0.2, 0.25) is 5.02 Å². The Kier molecular flexibility index (Phi) is 7.57. The number of imide groups is 1. The minimum atomic E-state index is -0.771. The summed E-state index contributed by atoms with van der Waals surface area (Å²) in [6.07, 6.45) is -0.551. The van der Waals surface area contributed by atoms with Crippen molar-refractivity contribution >= 4 is 52.4 Å². The number of carbonyl (C=O) groups is 2. The van der Waals surface area contributed by atoms with E-state index in [0.29, 0.717) is 11.4 Å². The second kappa shape index (κ2) is 10.3. The van der Waals surface area contributed by atoms with Crippen molar-refractivity contribution in [1.29, 1.82) is 0 Å². The van der Waals surface area contributed by atoms with Gasteiger partial charge in [0.2, 0.25) is 0 Å². The predicted octanol–water partition coefficient (Wildman–Crippen LogP) is 6.23. The van der Waals surface area contributed by atoms with Crippen LogP contribution in [-0.4, -0.2) is 16.8 Å². The lowest BCUT2D eigenvalue weighted by molar-refractivity contribution is 0.0967. The van der Waals surface area contributed by atoms with E-state index in [1.54, 1.807) is 42.5 Å². The number of alkyl halides is 2. The summed E-state index contributed by atoms with van der Waals surface area (Å²) in [6.45, 7) is 0. The molecule has 0 aliphatic carbocycles. The fraction of sp³-hybridized carbons (Fsp3) is 0.0909. The van der Waals surface area contributed by atoms with E-state index in [2.05, 4.69) is 10.6 Å². The van der Waals surface area contributed by atoms with Crippen molar-refractivity contribution in [3.05, 3.63) is 95.0 Å². The van der Waals surface area contributed by atoms with E-state index in [-0.39, 0.29) is 10.6 Å². The van der Waals surface area contributed by atoms with Gasteiger partial charge in [-0.05, 0) is 42.0 Å². The molecule has 154 valence electrons. The van der Waals surface area contributed by atoms with Crippen molar-refractivity contribution in [3.8, 4) is 5.75 Å². The van der Waals surface area contributed by atoms with Crippen molar-refractivity contribution in [2.24, 2.45) is 0 Å². The summed E-state index contributed by atoms with van der Waals surface area (Å²) in [4.78, 5) is 23.5. The first-order chi connectivity index (χ1) is 14.4. The van der Waals surface area contributed by atoms with Crippen LogP contribution in [0.1, 0.15) is 22.0 Å². The van der Waals surface area contributed by atoms with Gasteiger partial charge >= 0.3 is 6.03 Å². The van der Waals surface area contributed by atoms with Gasteiger partial charge in [-0.2, -0.15) is 0 Å². The molecule has 8 heteroatoms. The van der Waals surface area contributed by atoms with E-state index >= 15 is 0 Å².